The first kappa shape index (κ1) is 14.2. The molecule has 0 atom stereocenters. The van der Waals surface area contributed by atoms with Crippen LogP contribution in [0.4, 0.5) is 9.39 Å². The zero-order valence-corrected chi connectivity index (χ0v) is 13.7. The van der Waals surface area contributed by atoms with Crippen molar-refractivity contribution in [2.75, 3.05) is 5.73 Å². The molecule has 3 rings (SSSR count). The van der Waals surface area contributed by atoms with Crippen LogP contribution in [0.1, 0.15) is 10.4 Å². The van der Waals surface area contributed by atoms with Crippen molar-refractivity contribution in [3.63, 3.8) is 0 Å². The fourth-order valence-corrected chi connectivity index (χ4v) is 3.30. The summed E-state index contributed by atoms with van der Waals surface area (Å²) >= 11 is 4.64. The lowest BCUT2D eigenvalue weighted by molar-refractivity contribution is 0.432. The van der Waals surface area contributed by atoms with Crippen LogP contribution >= 0.6 is 27.3 Å². The van der Waals surface area contributed by atoms with Gasteiger partial charge in [0.2, 0.25) is 5.82 Å². The molecule has 0 amide bonds. The van der Waals surface area contributed by atoms with E-state index in [-0.39, 0.29) is 5.82 Å². The molecule has 2 aromatic heterocycles. The molecule has 21 heavy (non-hydrogen) atoms. The molecule has 1 aromatic carbocycles. The second kappa shape index (κ2) is 5.23. The van der Waals surface area contributed by atoms with Crippen LogP contribution in [0.3, 0.4) is 0 Å². The van der Waals surface area contributed by atoms with E-state index in [0.717, 1.165) is 16.0 Å². The number of benzene rings is 1. The van der Waals surface area contributed by atoms with Crippen LogP contribution in [-0.4, -0.2) is 10.1 Å². The minimum atomic E-state index is -0.337. The number of halogens is 2. The summed E-state index contributed by atoms with van der Waals surface area (Å²) in [7, 11) is 0. The normalized spacial score (nSPS) is 11.0. The van der Waals surface area contributed by atoms with E-state index in [0.29, 0.717) is 26.8 Å². The maximum atomic E-state index is 13.3. The fraction of sp³-hybridized carbons (Fsp3) is 0.143. The molecule has 0 aliphatic rings. The van der Waals surface area contributed by atoms with Gasteiger partial charge >= 0.3 is 0 Å². The van der Waals surface area contributed by atoms with Gasteiger partial charge in [0.25, 0.3) is 5.89 Å². The summed E-state index contributed by atoms with van der Waals surface area (Å²) in [5, 5.41) is 4.60. The average molecular weight is 368 g/mol. The summed E-state index contributed by atoms with van der Waals surface area (Å²) in [5.41, 5.74) is 8.48. The number of hydrogen-bond acceptors (Lipinski definition) is 5. The molecule has 3 aromatic rings. The van der Waals surface area contributed by atoms with Gasteiger partial charge in [0, 0.05) is 10.4 Å². The number of nitrogen functional groups attached to an aromatic ring is 1. The fourth-order valence-electron chi connectivity index (χ4n) is 2.00. The van der Waals surface area contributed by atoms with Crippen LogP contribution < -0.4 is 5.73 Å². The Kier molecular flexibility index (Phi) is 3.54. The van der Waals surface area contributed by atoms with Gasteiger partial charge in [-0.1, -0.05) is 5.16 Å². The molecule has 0 aliphatic heterocycles. The van der Waals surface area contributed by atoms with Crippen molar-refractivity contribution >= 4 is 32.3 Å². The van der Waals surface area contributed by atoms with Crippen LogP contribution in [0, 0.1) is 19.7 Å². The minimum Gasteiger partial charge on any atom is -0.390 e. The molecule has 7 heteroatoms. The van der Waals surface area contributed by atoms with Gasteiger partial charge in [0.1, 0.15) is 5.82 Å². The standard InChI is InChI=1S/C14H11BrFN3OS/c1-6-7(2)21-12(17)11(6)14-18-13(19-20-14)8-3-4-10(16)9(15)5-8/h3-5H,17H2,1-2H3. The smallest absolute Gasteiger partial charge is 0.261 e. The molecule has 0 fully saturated rings. The lowest BCUT2D eigenvalue weighted by Gasteiger charge is -1.97. The number of aryl methyl sites for hydroxylation is 1. The van der Waals surface area contributed by atoms with Crippen LogP contribution in [0.15, 0.2) is 27.2 Å². The monoisotopic (exact) mass is 367 g/mol. The molecule has 0 radical (unpaired) electrons. The molecule has 0 saturated carbocycles. The van der Waals surface area contributed by atoms with Crippen molar-refractivity contribution in [1.29, 1.82) is 0 Å². The number of hydrogen-bond donors (Lipinski definition) is 1. The number of aromatic nitrogens is 2. The first-order valence-corrected chi connectivity index (χ1v) is 7.73. The first-order chi connectivity index (χ1) is 9.97. The van der Waals surface area contributed by atoms with Crippen LogP contribution in [0.2, 0.25) is 0 Å². The molecule has 0 saturated heterocycles. The number of nitrogens with zero attached hydrogens (tertiary/aromatic N) is 2. The van der Waals surface area contributed by atoms with Crippen molar-refractivity contribution in [3.8, 4) is 22.8 Å². The maximum Gasteiger partial charge on any atom is 0.261 e. The van der Waals surface area contributed by atoms with E-state index in [9.17, 15) is 4.39 Å². The lowest BCUT2D eigenvalue weighted by Crippen LogP contribution is -1.87. The Morgan fingerprint density at radius 2 is 2.10 bits per heavy atom. The number of anilines is 1. The van der Waals surface area contributed by atoms with Gasteiger partial charge < -0.3 is 10.3 Å². The number of rotatable bonds is 2. The highest BCUT2D eigenvalue weighted by atomic mass is 79.9. The predicted octanol–water partition coefficient (Wildman–Crippen LogP) is 4.57. The van der Waals surface area contributed by atoms with Crippen LogP contribution in [0.25, 0.3) is 22.8 Å². The Hall–Kier alpha value is -1.73. The highest BCUT2D eigenvalue weighted by Gasteiger charge is 2.19. The Bertz CT molecular complexity index is 828. The summed E-state index contributed by atoms with van der Waals surface area (Å²) in [6, 6.07) is 4.56. The lowest BCUT2D eigenvalue weighted by atomic mass is 10.1. The van der Waals surface area contributed by atoms with Gasteiger partial charge in [-0.15, -0.1) is 11.3 Å². The molecule has 4 nitrogen and oxygen atoms in total. The van der Waals surface area contributed by atoms with E-state index < -0.39 is 0 Å². The van der Waals surface area contributed by atoms with Gasteiger partial charge in [-0.3, -0.25) is 0 Å². The van der Waals surface area contributed by atoms with Crippen molar-refractivity contribution in [3.05, 3.63) is 38.9 Å². The number of nitrogens with two attached hydrogens (primary N) is 1. The summed E-state index contributed by atoms with van der Waals surface area (Å²) in [4.78, 5) is 5.48. The summed E-state index contributed by atoms with van der Waals surface area (Å²) in [6.45, 7) is 3.96. The van der Waals surface area contributed by atoms with Gasteiger partial charge in [0.15, 0.2) is 0 Å². The van der Waals surface area contributed by atoms with Crippen molar-refractivity contribution in [2.45, 2.75) is 13.8 Å². The minimum absolute atomic E-state index is 0.337. The quantitative estimate of drug-likeness (QED) is 0.720. The zero-order chi connectivity index (χ0) is 15.1. The SMILES string of the molecule is Cc1sc(N)c(-c2nc(-c3ccc(F)c(Br)c3)no2)c1C. The first-order valence-electron chi connectivity index (χ1n) is 6.12. The van der Waals surface area contributed by atoms with Crippen molar-refractivity contribution in [1.82, 2.24) is 10.1 Å². The summed E-state index contributed by atoms with van der Waals surface area (Å²) < 4.78 is 18.9. The average Bonchev–Trinajstić information content (AvgIpc) is 2.99. The summed E-state index contributed by atoms with van der Waals surface area (Å²) in [5.74, 6) is 0.439. The van der Waals surface area contributed by atoms with E-state index in [2.05, 4.69) is 26.1 Å². The highest BCUT2D eigenvalue weighted by molar-refractivity contribution is 9.10. The second-order valence-corrected chi connectivity index (χ2v) is 6.69. The van der Waals surface area contributed by atoms with E-state index in [1.165, 1.54) is 17.4 Å². The molecule has 0 aliphatic carbocycles. The highest BCUT2D eigenvalue weighted by Crippen LogP contribution is 2.37. The third-order valence-corrected chi connectivity index (χ3v) is 4.87. The van der Waals surface area contributed by atoms with E-state index >= 15 is 0 Å². The van der Waals surface area contributed by atoms with E-state index in [4.69, 9.17) is 10.3 Å². The maximum absolute atomic E-state index is 13.3. The van der Waals surface area contributed by atoms with Gasteiger partial charge in [-0.2, -0.15) is 4.98 Å². The molecule has 0 unspecified atom stereocenters. The largest absolute Gasteiger partial charge is 0.390 e. The Morgan fingerprint density at radius 3 is 2.71 bits per heavy atom. The van der Waals surface area contributed by atoms with Gasteiger partial charge in [0.05, 0.1) is 15.0 Å². The van der Waals surface area contributed by atoms with Crippen molar-refractivity contribution < 1.29 is 8.91 Å². The van der Waals surface area contributed by atoms with Crippen molar-refractivity contribution in [2.24, 2.45) is 0 Å². The van der Waals surface area contributed by atoms with Crippen LogP contribution in [-0.2, 0) is 0 Å². The second-order valence-electron chi connectivity index (χ2n) is 4.57. The predicted molar refractivity (Wildman–Crippen MR) is 84.6 cm³/mol. The Labute approximate surface area is 132 Å². The molecular weight excluding hydrogens is 357 g/mol. The summed E-state index contributed by atoms with van der Waals surface area (Å²) in [6.07, 6.45) is 0. The molecular formula is C14H11BrFN3OS. The van der Waals surface area contributed by atoms with Crippen LogP contribution in [0.5, 0.6) is 0 Å². The van der Waals surface area contributed by atoms with Gasteiger partial charge in [-0.05, 0) is 53.5 Å². The Balaban J connectivity index is 2.05. The zero-order valence-electron chi connectivity index (χ0n) is 11.3. The Morgan fingerprint density at radius 1 is 1.33 bits per heavy atom. The van der Waals surface area contributed by atoms with E-state index in [1.807, 2.05) is 13.8 Å². The van der Waals surface area contributed by atoms with Gasteiger partial charge in [-0.25, -0.2) is 4.39 Å². The molecule has 0 bridgehead atoms. The third kappa shape index (κ3) is 2.47. The molecule has 108 valence electrons. The van der Waals surface area contributed by atoms with E-state index in [1.54, 1.807) is 12.1 Å². The molecule has 2 heterocycles. The molecule has 0 spiro atoms. The third-order valence-electron chi connectivity index (χ3n) is 3.23. The number of thiophene rings is 1. The molecule has 2 N–H and O–H groups in total. The topological polar surface area (TPSA) is 64.9 Å².